The van der Waals surface area contributed by atoms with Gasteiger partial charge in [0, 0.05) is 28.6 Å². The van der Waals surface area contributed by atoms with Crippen LogP contribution in [0.1, 0.15) is 40.6 Å². The lowest BCUT2D eigenvalue weighted by Gasteiger charge is -2.08. The first-order valence-electron chi connectivity index (χ1n) is 8.85. The van der Waals surface area contributed by atoms with E-state index < -0.39 is 0 Å². The maximum Gasteiger partial charge on any atom is 0.202 e. The lowest BCUT2D eigenvalue weighted by Crippen LogP contribution is -2.13. The highest BCUT2D eigenvalue weighted by atomic mass is 16.5. The van der Waals surface area contributed by atoms with Gasteiger partial charge in [0.1, 0.15) is 0 Å². The monoisotopic (exact) mass is 347 g/mol. The molecule has 26 heavy (non-hydrogen) atoms. The van der Waals surface area contributed by atoms with Crippen molar-refractivity contribution in [1.29, 1.82) is 0 Å². The second-order valence-electron chi connectivity index (χ2n) is 6.71. The average molecular weight is 347 g/mol. The van der Waals surface area contributed by atoms with Gasteiger partial charge in [0.05, 0.1) is 12.4 Å². The summed E-state index contributed by atoms with van der Waals surface area (Å²) in [4.78, 5) is 21.2. The smallest absolute Gasteiger partial charge is 0.202 e. The van der Waals surface area contributed by atoms with Crippen molar-refractivity contribution in [2.24, 2.45) is 0 Å². The number of hydrogen-bond donors (Lipinski definition) is 0. The molecule has 1 fully saturated rings. The van der Waals surface area contributed by atoms with Gasteiger partial charge in [-0.05, 0) is 32.8 Å². The first-order chi connectivity index (χ1) is 12.6. The van der Waals surface area contributed by atoms with Crippen molar-refractivity contribution in [3.8, 4) is 17.1 Å². The maximum atomic E-state index is 12.6. The Balaban J connectivity index is 1.43. The lowest BCUT2D eigenvalue weighted by molar-refractivity contribution is 0.0920. The number of ketones is 1. The van der Waals surface area contributed by atoms with E-state index in [-0.39, 0.29) is 12.4 Å². The van der Waals surface area contributed by atoms with Crippen molar-refractivity contribution in [1.82, 2.24) is 14.5 Å². The molecule has 0 saturated heterocycles. The number of aryl methyl sites for hydroxylation is 1. The summed E-state index contributed by atoms with van der Waals surface area (Å²) in [7, 11) is 0. The zero-order chi connectivity index (χ0) is 18.1. The van der Waals surface area contributed by atoms with Crippen molar-refractivity contribution >= 4 is 5.78 Å². The Morgan fingerprint density at radius 1 is 1.15 bits per heavy atom. The van der Waals surface area contributed by atoms with Crippen LogP contribution in [-0.4, -0.2) is 26.9 Å². The quantitative estimate of drug-likeness (QED) is 0.628. The Labute approximate surface area is 152 Å². The largest absolute Gasteiger partial charge is 0.482 e. The standard InChI is InChI=1S/C21H21N3O2/c1-14-10-19(15(2)24(14)17-8-9-17)20(25)13-26-18-11-22-21(23-12-18)16-6-4-3-5-7-16/h3-7,10-12,17H,8-9,13H2,1-2H3. The molecule has 0 bridgehead atoms. The molecule has 4 rings (SSSR count). The van der Waals surface area contributed by atoms with Crippen molar-refractivity contribution in [3.63, 3.8) is 0 Å². The molecule has 1 aliphatic rings. The SMILES string of the molecule is Cc1cc(C(=O)COc2cnc(-c3ccccc3)nc2)c(C)n1C1CC1. The van der Waals surface area contributed by atoms with Crippen molar-refractivity contribution in [2.75, 3.05) is 6.61 Å². The third-order valence-electron chi connectivity index (χ3n) is 4.73. The van der Waals surface area contributed by atoms with Gasteiger partial charge in [-0.3, -0.25) is 4.79 Å². The fourth-order valence-corrected chi connectivity index (χ4v) is 3.31. The predicted octanol–water partition coefficient (Wildman–Crippen LogP) is 4.16. The van der Waals surface area contributed by atoms with Gasteiger partial charge in [-0.1, -0.05) is 30.3 Å². The molecular formula is C21H21N3O2. The Kier molecular flexibility index (Phi) is 4.29. The summed E-state index contributed by atoms with van der Waals surface area (Å²) in [6.07, 6.45) is 5.61. The third kappa shape index (κ3) is 3.25. The molecule has 5 heteroatoms. The van der Waals surface area contributed by atoms with E-state index in [1.807, 2.05) is 43.3 Å². The van der Waals surface area contributed by atoms with Gasteiger partial charge in [0.15, 0.2) is 18.2 Å². The van der Waals surface area contributed by atoms with Gasteiger partial charge >= 0.3 is 0 Å². The normalized spacial score (nSPS) is 13.6. The van der Waals surface area contributed by atoms with E-state index in [0.717, 1.165) is 22.5 Å². The van der Waals surface area contributed by atoms with Gasteiger partial charge < -0.3 is 9.30 Å². The minimum absolute atomic E-state index is 0.0109. The van der Waals surface area contributed by atoms with E-state index in [4.69, 9.17) is 4.74 Å². The maximum absolute atomic E-state index is 12.6. The molecule has 0 atom stereocenters. The Bertz CT molecular complexity index is 926. The lowest BCUT2D eigenvalue weighted by atomic mass is 10.1. The highest BCUT2D eigenvalue weighted by Gasteiger charge is 2.28. The van der Waals surface area contributed by atoms with Crippen LogP contribution >= 0.6 is 0 Å². The van der Waals surface area contributed by atoms with Gasteiger partial charge in [-0.15, -0.1) is 0 Å². The molecule has 132 valence electrons. The Hall–Kier alpha value is -2.95. The van der Waals surface area contributed by atoms with Crippen LogP contribution in [0.2, 0.25) is 0 Å². The molecule has 0 amide bonds. The topological polar surface area (TPSA) is 57.0 Å². The van der Waals surface area contributed by atoms with E-state index in [1.165, 1.54) is 12.8 Å². The Morgan fingerprint density at radius 3 is 2.50 bits per heavy atom. The molecule has 1 saturated carbocycles. The van der Waals surface area contributed by atoms with Gasteiger partial charge in [-0.2, -0.15) is 0 Å². The van der Waals surface area contributed by atoms with Crippen LogP contribution in [0.3, 0.4) is 0 Å². The van der Waals surface area contributed by atoms with E-state index in [1.54, 1.807) is 12.4 Å². The summed E-state index contributed by atoms with van der Waals surface area (Å²) in [6, 6.07) is 12.3. The van der Waals surface area contributed by atoms with E-state index in [2.05, 4.69) is 21.5 Å². The summed E-state index contributed by atoms with van der Waals surface area (Å²) >= 11 is 0. The van der Waals surface area contributed by atoms with Crippen LogP contribution in [0.15, 0.2) is 48.8 Å². The van der Waals surface area contributed by atoms with E-state index in [9.17, 15) is 4.79 Å². The molecule has 5 nitrogen and oxygen atoms in total. The van der Waals surface area contributed by atoms with Crippen LogP contribution < -0.4 is 4.74 Å². The summed E-state index contributed by atoms with van der Waals surface area (Å²) in [5.41, 5.74) is 3.87. The fourth-order valence-electron chi connectivity index (χ4n) is 3.31. The average Bonchev–Trinajstić information content (AvgIpc) is 3.45. The van der Waals surface area contributed by atoms with Crippen LogP contribution in [0.25, 0.3) is 11.4 Å². The number of benzene rings is 1. The second-order valence-corrected chi connectivity index (χ2v) is 6.71. The highest BCUT2D eigenvalue weighted by Crippen LogP contribution is 2.38. The van der Waals surface area contributed by atoms with Gasteiger partial charge in [-0.25, -0.2) is 9.97 Å². The van der Waals surface area contributed by atoms with Gasteiger partial charge in [0.25, 0.3) is 0 Å². The number of carbonyl (C=O) groups is 1. The van der Waals surface area contributed by atoms with Crippen LogP contribution in [0.5, 0.6) is 5.75 Å². The number of aromatic nitrogens is 3. The molecule has 1 aliphatic carbocycles. The number of rotatable bonds is 6. The number of carbonyl (C=O) groups excluding carboxylic acids is 1. The van der Waals surface area contributed by atoms with Crippen LogP contribution in [-0.2, 0) is 0 Å². The van der Waals surface area contributed by atoms with Crippen molar-refractivity contribution < 1.29 is 9.53 Å². The number of Topliss-reactive ketones (excluding diaryl/α,β-unsaturated/α-hetero) is 1. The van der Waals surface area contributed by atoms with Crippen molar-refractivity contribution in [2.45, 2.75) is 32.7 Å². The first kappa shape index (κ1) is 16.5. The molecule has 2 aromatic heterocycles. The highest BCUT2D eigenvalue weighted by molar-refractivity contribution is 5.98. The zero-order valence-electron chi connectivity index (χ0n) is 15.0. The summed E-state index contributed by atoms with van der Waals surface area (Å²) in [5.74, 6) is 1.11. The predicted molar refractivity (Wildman–Crippen MR) is 99.5 cm³/mol. The molecule has 0 N–H and O–H groups in total. The van der Waals surface area contributed by atoms with Gasteiger partial charge in [0.2, 0.25) is 5.78 Å². The third-order valence-corrected chi connectivity index (χ3v) is 4.73. The molecule has 2 heterocycles. The Morgan fingerprint density at radius 2 is 1.85 bits per heavy atom. The molecule has 1 aromatic carbocycles. The zero-order valence-corrected chi connectivity index (χ0v) is 15.0. The summed E-state index contributed by atoms with van der Waals surface area (Å²) in [5, 5.41) is 0. The molecule has 3 aromatic rings. The van der Waals surface area contributed by atoms with Crippen molar-refractivity contribution in [3.05, 3.63) is 65.7 Å². The minimum atomic E-state index is -0.0165. The summed E-state index contributed by atoms with van der Waals surface area (Å²) < 4.78 is 7.88. The first-order valence-corrected chi connectivity index (χ1v) is 8.85. The molecule has 0 aliphatic heterocycles. The molecule has 0 unspecified atom stereocenters. The fraction of sp³-hybridized carbons (Fsp3) is 0.286. The minimum Gasteiger partial charge on any atom is -0.482 e. The summed E-state index contributed by atoms with van der Waals surface area (Å²) in [6.45, 7) is 4.05. The number of hydrogen-bond acceptors (Lipinski definition) is 4. The van der Waals surface area contributed by atoms with Crippen LogP contribution in [0, 0.1) is 13.8 Å². The van der Waals surface area contributed by atoms with Crippen LogP contribution in [0.4, 0.5) is 0 Å². The van der Waals surface area contributed by atoms with E-state index in [0.29, 0.717) is 17.6 Å². The number of nitrogens with zero attached hydrogens (tertiary/aromatic N) is 3. The second kappa shape index (κ2) is 6.75. The van der Waals surface area contributed by atoms with E-state index >= 15 is 0 Å². The molecular weight excluding hydrogens is 326 g/mol. The molecule has 0 spiro atoms. The number of ether oxygens (including phenoxy) is 1. The molecule has 0 radical (unpaired) electrons.